The Bertz CT molecular complexity index is 189. The van der Waals surface area contributed by atoms with Gasteiger partial charge in [0.2, 0.25) is 0 Å². The van der Waals surface area contributed by atoms with Gasteiger partial charge < -0.3 is 10.7 Å². The molecule has 4 N–H and O–H groups in total. The van der Waals surface area contributed by atoms with E-state index in [0.717, 1.165) is 18.5 Å². The van der Waals surface area contributed by atoms with Crippen molar-refractivity contribution in [3.8, 4) is 0 Å². The zero-order valence-electron chi connectivity index (χ0n) is 10.2. The normalized spacial score (nSPS) is 13.5. The van der Waals surface area contributed by atoms with E-state index in [-0.39, 0.29) is 5.54 Å². The monoisotopic (exact) mass is 199 g/mol. The summed E-state index contributed by atoms with van der Waals surface area (Å²) in [5, 5.41) is 1.67. The molecule has 0 radical (unpaired) electrons. The third kappa shape index (κ3) is 5.86. The largest absolute Gasteiger partial charge is 0.401 e. The average Bonchev–Trinajstić information content (AvgIpc) is 1.99. The molecule has 0 aliphatic heterocycles. The van der Waals surface area contributed by atoms with E-state index in [1.165, 1.54) is 0 Å². The Morgan fingerprint density at radius 2 is 1.86 bits per heavy atom. The lowest BCUT2D eigenvalue weighted by atomic mass is 10.1. The van der Waals surface area contributed by atoms with E-state index in [1.54, 1.807) is 5.01 Å². The van der Waals surface area contributed by atoms with Crippen molar-refractivity contribution in [1.82, 2.24) is 5.01 Å². The van der Waals surface area contributed by atoms with Crippen LogP contribution in [0.5, 0.6) is 0 Å². The molecular weight excluding hydrogens is 174 g/mol. The SMILES string of the molecule is CC(C)CC/C(N)=C/N(N)C(C)(C)C. The molecule has 0 heterocycles. The summed E-state index contributed by atoms with van der Waals surface area (Å²) in [4.78, 5) is 0. The molecule has 3 heteroatoms. The molecule has 0 bridgehead atoms. The van der Waals surface area contributed by atoms with Crippen LogP contribution in [0.1, 0.15) is 47.5 Å². The molecule has 0 saturated carbocycles. The predicted molar refractivity (Wildman–Crippen MR) is 62.1 cm³/mol. The van der Waals surface area contributed by atoms with Crippen LogP contribution in [0, 0.1) is 5.92 Å². The molecule has 0 saturated heterocycles. The fraction of sp³-hybridized carbons (Fsp3) is 0.818. The van der Waals surface area contributed by atoms with Crippen LogP contribution in [0.4, 0.5) is 0 Å². The summed E-state index contributed by atoms with van der Waals surface area (Å²) < 4.78 is 0. The molecule has 3 nitrogen and oxygen atoms in total. The minimum absolute atomic E-state index is 0.0670. The van der Waals surface area contributed by atoms with Gasteiger partial charge in [-0.25, -0.2) is 5.84 Å². The quantitative estimate of drug-likeness (QED) is 0.539. The van der Waals surface area contributed by atoms with Gasteiger partial charge in [-0.3, -0.25) is 0 Å². The summed E-state index contributed by atoms with van der Waals surface area (Å²) >= 11 is 0. The average molecular weight is 199 g/mol. The second-order valence-corrected chi connectivity index (χ2v) is 5.21. The molecule has 0 aromatic heterocycles. The molecular formula is C11H25N3. The maximum atomic E-state index is 5.86. The number of hydrogen-bond donors (Lipinski definition) is 2. The summed E-state index contributed by atoms with van der Waals surface area (Å²) in [6.07, 6.45) is 3.87. The van der Waals surface area contributed by atoms with Gasteiger partial charge in [0.05, 0.1) is 0 Å². The molecule has 0 atom stereocenters. The highest BCUT2D eigenvalue weighted by atomic mass is 15.4. The summed E-state index contributed by atoms with van der Waals surface area (Å²) in [5.74, 6) is 6.52. The molecule has 0 spiro atoms. The minimum Gasteiger partial charge on any atom is -0.401 e. The van der Waals surface area contributed by atoms with Gasteiger partial charge in [-0.15, -0.1) is 0 Å². The van der Waals surface area contributed by atoms with Crippen LogP contribution >= 0.6 is 0 Å². The zero-order chi connectivity index (χ0) is 11.4. The molecule has 0 aromatic rings. The van der Waals surface area contributed by atoms with Crippen molar-refractivity contribution in [2.75, 3.05) is 0 Å². The lowest BCUT2D eigenvalue weighted by Crippen LogP contribution is -2.43. The Labute approximate surface area is 88.1 Å². The molecule has 0 unspecified atom stereocenters. The van der Waals surface area contributed by atoms with E-state index in [1.807, 2.05) is 6.20 Å². The lowest BCUT2D eigenvalue weighted by molar-refractivity contribution is 0.208. The minimum atomic E-state index is -0.0670. The van der Waals surface area contributed by atoms with Crippen LogP contribution in [0.25, 0.3) is 0 Å². The first-order chi connectivity index (χ1) is 6.23. The van der Waals surface area contributed by atoms with Gasteiger partial charge in [-0.05, 0) is 39.5 Å². The first-order valence-corrected chi connectivity index (χ1v) is 5.23. The first-order valence-electron chi connectivity index (χ1n) is 5.23. The van der Waals surface area contributed by atoms with E-state index in [0.29, 0.717) is 5.92 Å². The van der Waals surface area contributed by atoms with Crippen LogP contribution in [-0.4, -0.2) is 10.5 Å². The predicted octanol–water partition coefficient (Wildman–Crippen LogP) is 2.20. The maximum Gasteiger partial charge on any atom is 0.0471 e. The number of nitrogens with zero attached hydrogens (tertiary/aromatic N) is 1. The highest BCUT2D eigenvalue weighted by molar-refractivity contribution is 4.97. The second-order valence-electron chi connectivity index (χ2n) is 5.21. The summed E-state index contributed by atoms with van der Waals surface area (Å²) in [7, 11) is 0. The molecule has 0 aliphatic rings. The van der Waals surface area contributed by atoms with Gasteiger partial charge in [-0.1, -0.05) is 13.8 Å². The second kappa shape index (κ2) is 5.25. The van der Waals surface area contributed by atoms with Crippen LogP contribution < -0.4 is 11.6 Å². The molecule has 0 fully saturated rings. The van der Waals surface area contributed by atoms with Gasteiger partial charge in [0, 0.05) is 17.4 Å². The summed E-state index contributed by atoms with van der Waals surface area (Å²) in [6.45, 7) is 10.5. The highest BCUT2D eigenvalue weighted by Gasteiger charge is 2.14. The molecule has 0 rings (SSSR count). The molecule has 14 heavy (non-hydrogen) atoms. The van der Waals surface area contributed by atoms with Crippen molar-refractivity contribution in [1.29, 1.82) is 0 Å². The van der Waals surface area contributed by atoms with Gasteiger partial charge >= 0.3 is 0 Å². The Hall–Kier alpha value is -0.700. The number of allylic oxidation sites excluding steroid dienone is 1. The van der Waals surface area contributed by atoms with Gasteiger partial charge in [0.25, 0.3) is 0 Å². The van der Waals surface area contributed by atoms with Crippen molar-refractivity contribution in [3.63, 3.8) is 0 Å². The lowest BCUT2D eigenvalue weighted by Gasteiger charge is -2.30. The Kier molecular flexibility index (Phi) is 4.99. The topological polar surface area (TPSA) is 55.3 Å². The fourth-order valence-electron chi connectivity index (χ4n) is 0.892. The van der Waals surface area contributed by atoms with Gasteiger partial charge in [-0.2, -0.15) is 0 Å². The highest BCUT2D eigenvalue weighted by Crippen LogP contribution is 2.12. The Morgan fingerprint density at radius 1 is 1.36 bits per heavy atom. The fourth-order valence-corrected chi connectivity index (χ4v) is 0.892. The van der Waals surface area contributed by atoms with E-state index in [9.17, 15) is 0 Å². The Morgan fingerprint density at radius 3 is 2.21 bits per heavy atom. The number of nitrogens with two attached hydrogens (primary N) is 2. The maximum absolute atomic E-state index is 5.86. The van der Waals surface area contributed by atoms with Gasteiger partial charge in [0.15, 0.2) is 0 Å². The van der Waals surface area contributed by atoms with Crippen LogP contribution in [0.2, 0.25) is 0 Å². The van der Waals surface area contributed by atoms with Crippen LogP contribution in [0.3, 0.4) is 0 Å². The van der Waals surface area contributed by atoms with Crippen molar-refractivity contribution in [2.45, 2.75) is 53.0 Å². The summed E-state index contributed by atoms with van der Waals surface area (Å²) in [5.41, 5.74) is 6.65. The van der Waals surface area contributed by atoms with E-state index in [4.69, 9.17) is 11.6 Å². The van der Waals surface area contributed by atoms with Crippen molar-refractivity contribution >= 4 is 0 Å². The van der Waals surface area contributed by atoms with Crippen LogP contribution in [-0.2, 0) is 0 Å². The van der Waals surface area contributed by atoms with E-state index >= 15 is 0 Å². The van der Waals surface area contributed by atoms with Crippen molar-refractivity contribution < 1.29 is 0 Å². The van der Waals surface area contributed by atoms with Crippen LogP contribution in [0.15, 0.2) is 11.9 Å². The molecule has 0 amide bonds. The zero-order valence-corrected chi connectivity index (χ0v) is 10.2. The van der Waals surface area contributed by atoms with E-state index in [2.05, 4.69) is 34.6 Å². The molecule has 0 aliphatic carbocycles. The van der Waals surface area contributed by atoms with Gasteiger partial charge in [0.1, 0.15) is 0 Å². The molecule has 0 aromatic carbocycles. The number of rotatable bonds is 4. The third-order valence-corrected chi connectivity index (χ3v) is 2.09. The number of hydrazine groups is 1. The molecule has 84 valence electrons. The van der Waals surface area contributed by atoms with E-state index < -0.39 is 0 Å². The standard InChI is InChI=1S/C11H25N3/c1-9(2)6-7-10(12)8-14(13)11(3,4)5/h8-9H,6-7,12-13H2,1-5H3/b10-8-. The third-order valence-electron chi connectivity index (χ3n) is 2.09. The Balaban J connectivity index is 4.10. The number of hydrogen-bond acceptors (Lipinski definition) is 3. The van der Waals surface area contributed by atoms with Crippen molar-refractivity contribution in [2.24, 2.45) is 17.5 Å². The first kappa shape index (κ1) is 13.3. The smallest absolute Gasteiger partial charge is 0.0471 e. The summed E-state index contributed by atoms with van der Waals surface area (Å²) in [6, 6.07) is 0. The van der Waals surface area contributed by atoms with Crippen molar-refractivity contribution in [3.05, 3.63) is 11.9 Å².